The maximum atomic E-state index is 14.2. The van der Waals surface area contributed by atoms with E-state index in [-0.39, 0.29) is 18.7 Å². The Balaban J connectivity index is 1.38. The highest BCUT2D eigenvalue weighted by Crippen LogP contribution is 2.38. The third kappa shape index (κ3) is 8.26. The summed E-state index contributed by atoms with van der Waals surface area (Å²) in [6.07, 6.45) is 5.52. The first-order valence-electron chi connectivity index (χ1n) is 16.1. The first-order chi connectivity index (χ1) is 22.8. The summed E-state index contributed by atoms with van der Waals surface area (Å²) in [7, 11) is 1.60. The van der Waals surface area contributed by atoms with Gasteiger partial charge in [-0.15, -0.1) is 0 Å². The highest BCUT2D eigenvalue weighted by Gasteiger charge is 2.49. The quantitative estimate of drug-likeness (QED) is 0.167. The van der Waals surface area contributed by atoms with Crippen LogP contribution in [0.4, 0.5) is 0 Å². The van der Waals surface area contributed by atoms with Gasteiger partial charge < -0.3 is 30.0 Å². The SMILES string of the molecule is CCCCOC1(c2ccccc2C)CN(C(=O)[C@H](Cc2ccc(OC)cc2)NC(=O)[C@H](Cc2c[nH]cn2)NC(=O)c2ccccc2)C1. The molecule has 0 aliphatic carbocycles. The van der Waals surface area contributed by atoms with Crippen molar-refractivity contribution in [3.63, 3.8) is 0 Å². The molecule has 0 saturated carbocycles. The fourth-order valence-electron chi connectivity index (χ4n) is 5.90. The number of likely N-dealkylation sites (tertiary alicyclic amines) is 1. The van der Waals surface area contributed by atoms with E-state index in [1.807, 2.05) is 42.5 Å². The highest BCUT2D eigenvalue weighted by atomic mass is 16.5. The summed E-state index contributed by atoms with van der Waals surface area (Å²) in [5.74, 6) is -0.396. The van der Waals surface area contributed by atoms with Crippen molar-refractivity contribution in [2.75, 3.05) is 26.8 Å². The molecule has 1 aliphatic rings. The predicted molar refractivity (Wildman–Crippen MR) is 179 cm³/mol. The highest BCUT2D eigenvalue weighted by molar-refractivity contribution is 5.98. The number of nitrogens with one attached hydrogen (secondary N) is 3. The van der Waals surface area contributed by atoms with Crippen molar-refractivity contribution in [1.82, 2.24) is 25.5 Å². The zero-order chi connectivity index (χ0) is 33.2. The molecule has 0 radical (unpaired) electrons. The van der Waals surface area contributed by atoms with Crippen molar-refractivity contribution in [2.45, 2.75) is 57.2 Å². The monoisotopic (exact) mass is 637 g/mol. The lowest BCUT2D eigenvalue weighted by molar-refractivity contribution is -0.175. The van der Waals surface area contributed by atoms with E-state index in [1.165, 1.54) is 6.33 Å². The van der Waals surface area contributed by atoms with E-state index >= 15 is 0 Å². The molecule has 4 aromatic rings. The van der Waals surface area contributed by atoms with Crippen LogP contribution < -0.4 is 15.4 Å². The van der Waals surface area contributed by atoms with Gasteiger partial charge >= 0.3 is 0 Å². The van der Waals surface area contributed by atoms with Gasteiger partial charge in [0.1, 0.15) is 23.4 Å². The maximum Gasteiger partial charge on any atom is 0.251 e. The second-order valence-electron chi connectivity index (χ2n) is 12.0. The molecule has 1 aromatic heterocycles. The minimum Gasteiger partial charge on any atom is -0.497 e. The number of H-pyrrole nitrogens is 1. The molecular weight excluding hydrogens is 594 g/mol. The van der Waals surface area contributed by atoms with Gasteiger partial charge in [-0.05, 0) is 54.3 Å². The number of hydrogen-bond acceptors (Lipinski definition) is 6. The van der Waals surface area contributed by atoms with E-state index < -0.39 is 29.5 Å². The molecule has 1 aliphatic heterocycles. The molecule has 10 nitrogen and oxygen atoms in total. The molecule has 1 fully saturated rings. The Morgan fingerprint density at radius 3 is 2.32 bits per heavy atom. The fraction of sp³-hybridized carbons (Fsp3) is 0.351. The van der Waals surface area contributed by atoms with Crippen molar-refractivity contribution >= 4 is 17.7 Å². The predicted octanol–water partition coefficient (Wildman–Crippen LogP) is 4.35. The fourth-order valence-corrected chi connectivity index (χ4v) is 5.90. The van der Waals surface area contributed by atoms with Gasteiger partial charge in [0.15, 0.2) is 0 Å². The Labute approximate surface area is 275 Å². The minimum atomic E-state index is -0.975. The average Bonchev–Trinajstić information content (AvgIpc) is 3.59. The number of carbonyl (C=O) groups is 3. The van der Waals surface area contributed by atoms with Gasteiger partial charge in [-0.3, -0.25) is 14.4 Å². The van der Waals surface area contributed by atoms with Gasteiger partial charge in [0.05, 0.1) is 32.2 Å². The Hall–Kier alpha value is -4.96. The summed E-state index contributed by atoms with van der Waals surface area (Å²) in [6.45, 7) is 5.51. The van der Waals surface area contributed by atoms with Crippen molar-refractivity contribution in [3.8, 4) is 5.75 Å². The summed E-state index contributed by atoms with van der Waals surface area (Å²) < 4.78 is 11.8. The summed E-state index contributed by atoms with van der Waals surface area (Å²) in [5.41, 5.74) is 3.44. The number of amides is 3. The molecule has 47 heavy (non-hydrogen) atoms. The van der Waals surface area contributed by atoms with Gasteiger partial charge in [0, 0.05) is 31.2 Å². The molecular formula is C37H43N5O5. The number of aromatic amines is 1. The van der Waals surface area contributed by atoms with Gasteiger partial charge in [-0.2, -0.15) is 0 Å². The summed E-state index contributed by atoms with van der Waals surface area (Å²) in [4.78, 5) is 50.2. The van der Waals surface area contributed by atoms with Gasteiger partial charge in [-0.1, -0.05) is 67.9 Å². The molecule has 0 unspecified atom stereocenters. The van der Waals surface area contributed by atoms with Gasteiger partial charge in [-0.25, -0.2) is 4.98 Å². The van der Waals surface area contributed by atoms with Crippen LogP contribution in [0.25, 0.3) is 0 Å². The first-order valence-corrected chi connectivity index (χ1v) is 16.1. The average molecular weight is 638 g/mol. The number of benzene rings is 3. The van der Waals surface area contributed by atoms with Gasteiger partial charge in [0.25, 0.3) is 5.91 Å². The lowest BCUT2D eigenvalue weighted by Gasteiger charge is -2.51. The Morgan fingerprint density at radius 2 is 1.66 bits per heavy atom. The number of aromatic nitrogens is 2. The van der Waals surface area contributed by atoms with Crippen molar-refractivity contribution in [1.29, 1.82) is 0 Å². The number of ether oxygens (including phenoxy) is 2. The maximum absolute atomic E-state index is 14.2. The topological polar surface area (TPSA) is 126 Å². The van der Waals surface area contributed by atoms with E-state index in [2.05, 4.69) is 46.6 Å². The van der Waals surface area contributed by atoms with E-state index in [0.717, 1.165) is 29.5 Å². The van der Waals surface area contributed by atoms with Crippen LogP contribution in [0.3, 0.4) is 0 Å². The largest absolute Gasteiger partial charge is 0.497 e. The summed E-state index contributed by atoms with van der Waals surface area (Å²) in [6, 6.07) is 22.4. The molecule has 2 atom stereocenters. The van der Waals surface area contributed by atoms with Crippen LogP contribution in [0.2, 0.25) is 0 Å². The normalized spacial score (nSPS) is 14.8. The van der Waals surface area contributed by atoms with Crippen LogP contribution in [0.1, 0.15) is 52.5 Å². The number of methoxy groups -OCH3 is 1. The number of nitrogens with zero attached hydrogens (tertiary/aromatic N) is 2. The molecule has 3 N–H and O–H groups in total. The van der Waals surface area contributed by atoms with E-state index in [1.54, 1.807) is 42.5 Å². The van der Waals surface area contributed by atoms with E-state index in [4.69, 9.17) is 9.47 Å². The zero-order valence-corrected chi connectivity index (χ0v) is 27.2. The molecule has 5 rings (SSSR count). The van der Waals surface area contributed by atoms with Crippen LogP contribution in [-0.4, -0.2) is 71.5 Å². The van der Waals surface area contributed by atoms with E-state index in [0.29, 0.717) is 36.7 Å². The van der Waals surface area contributed by atoms with Crippen LogP contribution in [0, 0.1) is 6.92 Å². The molecule has 3 amide bonds. The van der Waals surface area contributed by atoms with Crippen LogP contribution in [0.15, 0.2) is 91.4 Å². The summed E-state index contributed by atoms with van der Waals surface area (Å²) >= 11 is 0. The van der Waals surface area contributed by atoms with Crippen molar-refractivity contribution in [3.05, 3.63) is 119 Å². The van der Waals surface area contributed by atoms with Crippen molar-refractivity contribution in [2.24, 2.45) is 0 Å². The lowest BCUT2D eigenvalue weighted by Crippen LogP contribution is -2.66. The van der Waals surface area contributed by atoms with Crippen LogP contribution in [0.5, 0.6) is 5.75 Å². The Morgan fingerprint density at radius 1 is 0.936 bits per heavy atom. The number of carbonyl (C=O) groups excluding carboxylic acids is 3. The van der Waals surface area contributed by atoms with Gasteiger partial charge in [0.2, 0.25) is 11.8 Å². The second kappa shape index (κ2) is 15.6. The molecule has 0 spiro atoms. The number of hydrogen-bond donors (Lipinski definition) is 3. The molecule has 1 saturated heterocycles. The standard InChI is InChI=1S/C37H43N5O5/c1-4-5-19-47-37(31-14-10-9-11-26(31)2)23-42(24-37)36(45)33(20-27-15-17-30(46-3)18-16-27)41-35(44)32(21-29-22-38-25-39-29)40-34(43)28-12-7-6-8-13-28/h6-18,22,25,32-33H,4-5,19-21,23-24H2,1-3H3,(H,38,39)(H,40,43)(H,41,44)/t32-,33-/m0/s1. The third-order valence-corrected chi connectivity index (χ3v) is 8.56. The molecule has 10 heteroatoms. The van der Waals surface area contributed by atoms with E-state index in [9.17, 15) is 14.4 Å². The molecule has 246 valence electrons. The van der Waals surface area contributed by atoms with Crippen LogP contribution >= 0.6 is 0 Å². The number of unbranched alkanes of at least 4 members (excludes halogenated alkanes) is 1. The number of aryl methyl sites for hydroxylation is 1. The minimum absolute atomic E-state index is 0.142. The molecule has 3 aromatic carbocycles. The van der Waals surface area contributed by atoms with Crippen molar-refractivity contribution < 1.29 is 23.9 Å². The zero-order valence-electron chi connectivity index (χ0n) is 27.2. The lowest BCUT2D eigenvalue weighted by atomic mass is 9.82. The molecule has 2 heterocycles. The second-order valence-corrected chi connectivity index (χ2v) is 12.0. The number of imidazole rings is 1. The Bertz CT molecular complexity index is 1620. The smallest absolute Gasteiger partial charge is 0.251 e. The Kier molecular flexibility index (Phi) is 11.1. The first kappa shape index (κ1) is 33.4. The third-order valence-electron chi connectivity index (χ3n) is 8.56. The molecule has 0 bridgehead atoms. The summed E-state index contributed by atoms with van der Waals surface area (Å²) in [5, 5.41) is 5.84. The number of rotatable bonds is 15. The van der Waals surface area contributed by atoms with Crippen LogP contribution in [-0.2, 0) is 32.8 Å².